The van der Waals surface area contributed by atoms with Gasteiger partial charge in [-0.3, -0.25) is 4.79 Å². The van der Waals surface area contributed by atoms with Crippen molar-refractivity contribution in [2.24, 2.45) is 0 Å². The van der Waals surface area contributed by atoms with Crippen molar-refractivity contribution in [3.05, 3.63) is 76.6 Å². The highest BCUT2D eigenvalue weighted by molar-refractivity contribution is 6.06. The van der Waals surface area contributed by atoms with Crippen LogP contribution in [0.1, 0.15) is 39.8 Å². The number of fused-ring (bicyclic) bond motifs is 1. The van der Waals surface area contributed by atoms with Crippen LogP contribution in [-0.2, 0) is 6.42 Å². The number of para-hydroxylation sites is 2. The van der Waals surface area contributed by atoms with Crippen LogP contribution in [0.5, 0.6) is 0 Å². The largest absolute Gasteiger partial charge is 0.324 e. The van der Waals surface area contributed by atoms with E-state index in [4.69, 9.17) is 0 Å². The van der Waals surface area contributed by atoms with Gasteiger partial charge in [-0.15, -0.1) is 0 Å². The first-order chi connectivity index (χ1) is 13.4. The first-order valence-corrected chi connectivity index (χ1v) is 9.54. The average molecular weight is 372 g/mol. The third-order valence-electron chi connectivity index (χ3n) is 5.22. The Bertz CT molecular complexity index is 1040. The molecule has 2 heterocycles. The maximum absolute atomic E-state index is 13.3. The summed E-state index contributed by atoms with van der Waals surface area (Å²) >= 11 is 0. The third-order valence-corrected chi connectivity index (χ3v) is 5.22. The molecule has 1 amide bonds. The van der Waals surface area contributed by atoms with Gasteiger partial charge in [-0.2, -0.15) is 0 Å². The van der Waals surface area contributed by atoms with Crippen molar-refractivity contribution in [2.75, 3.05) is 10.2 Å². The van der Waals surface area contributed by atoms with Gasteiger partial charge in [0.2, 0.25) is 5.95 Å². The Hall–Kier alpha value is -3.21. The van der Waals surface area contributed by atoms with E-state index in [0.29, 0.717) is 11.6 Å². The quantitative estimate of drug-likeness (QED) is 0.722. The van der Waals surface area contributed by atoms with E-state index in [1.807, 2.05) is 62.1 Å². The van der Waals surface area contributed by atoms with Crippen molar-refractivity contribution in [3.8, 4) is 0 Å². The van der Waals surface area contributed by atoms with Crippen molar-refractivity contribution in [1.82, 2.24) is 9.97 Å². The number of aromatic nitrogens is 2. The number of benzene rings is 2. The molecule has 2 aromatic carbocycles. The summed E-state index contributed by atoms with van der Waals surface area (Å²) in [6.45, 7) is 8.04. The third kappa shape index (κ3) is 3.24. The Balaban J connectivity index is 1.69. The summed E-state index contributed by atoms with van der Waals surface area (Å²) in [5.74, 6) is 0.355. The molecule has 0 radical (unpaired) electrons. The second-order valence-corrected chi connectivity index (χ2v) is 7.47. The maximum atomic E-state index is 13.3. The van der Waals surface area contributed by atoms with Gasteiger partial charge in [-0.05, 0) is 62.9 Å². The first kappa shape index (κ1) is 18.2. The predicted octanol–water partition coefficient (Wildman–Crippen LogP) is 4.74. The smallest absolute Gasteiger partial charge is 0.277 e. The number of carbonyl (C=O) groups excluding carboxylic acids is 1. The molecule has 5 heteroatoms. The van der Waals surface area contributed by atoms with Gasteiger partial charge in [0.15, 0.2) is 0 Å². The van der Waals surface area contributed by atoms with E-state index in [-0.39, 0.29) is 11.9 Å². The Morgan fingerprint density at radius 1 is 1.04 bits per heavy atom. The van der Waals surface area contributed by atoms with Crippen molar-refractivity contribution in [2.45, 2.75) is 40.2 Å². The zero-order chi connectivity index (χ0) is 19.8. The Morgan fingerprint density at radius 3 is 2.50 bits per heavy atom. The van der Waals surface area contributed by atoms with E-state index in [2.05, 4.69) is 28.3 Å². The summed E-state index contributed by atoms with van der Waals surface area (Å²) in [5.41, 5.74) is 6.53. The molecule has 142 valence electrons. The summed E-state index contributed by atoms with van der Waals surface area (Å²) in [4.78, 5) is 24.2. The molecule has 0 spiro atoms. The molecule has 1 aliphatic rings. The van der Waals surface area contributed by atoms with Crippen LogP contribution in [0, 0.1) is 20.8 Å². The lowest BCUT2D eigenvalue weighted by molar-refractivity contribution is 0.0976. The highest BCUT2D eigenvalue weighted by Crippen LogP contribution is 2.33. The van der Waals surface area contributed by atoms with Crippen LogP contribution >= 0.6 is 0 Å². The maximum Gasteiger partial charge on any atom is 0.277 e. The number of carbonyl (C=O) groups is 1. The fourth-order valence-electron chi connectivity index (χ4n) is 3.86. The summed E-state index contributed by atoms with van der Waals surface area (Å²) in [6, 6.07) is 16.0. The monoisotopic (exact) mass is 372 g/mol. The molecule has 1 N–H and O–H groups in total. The molecule has 0 aliphatic carbocycles. The molecule has 0 bridgehead atoms. The van der Waals surface area contributed by atoms with E-state index in [1.165, 1.54) is 5.56 Å². The molecular weight excluding hydrogens is 348 g/mol. The molecule has 1 aliphatic heterocycles. The van der Waals surface area contributed by atoms with Gasteiger partial charge in [-0.25, -0.2) is 9.97 Å². The minimum atomic E-state index is -0.0903. The number of anilines is 3. The highest BCUT2D eigenvalue weighted by atomic mass is 16.2. The molecule has 1 unspecified atom stereocenters. The standard InChI is InChI=1S/C23H24N4O/c1-14-8-7-9-15(2)21(14)26-23-24-16(3)12-19(25-23)22(28)27-17(4)13-18-10-5-6-11-20(18)27/h5-12,17H,13H2,1-4H3,(H,24,25,26). The molecule has 1 atom stereocenters. The predicted molar refractivity (Wildman–Crippen MR) is 112 cm³/mol. The lowest BCUT2D eigenvalue weighted by atomic mass is 10.1. The van der Waals surface area contributed by atoms with Crippen LogP contribution < -0.4 is 10.2 Å². The Kier molecular flexibility index (Phi) is 4.59. The molecule has 5 nitrogen and oxygen atoms in total. The summed E-state index contributed by atoms with van der Waals surface area (Å²) in [7, 11) is 0. The molecule has 1 aromatic heterocycles. The molecule has 0 fully saturated rings. The van der Waals surface area contributed by atoms with Crippen molar-refractivity contribution in [1.29, 1.82) is 0 Å². The van der Waals surface area contributed by atoms with Crippen molar-refractivity contribution in [3.63, 3.8) is 0 Å². The van der Waals surface area contributed by atoms with Crippen LogP contribution in [0.3, 0.4) is 0 Å². The average Bonchev–Trinajstić information content (AvgIpc) is 2.99. The minimum absolute atomic E-state index is 0.0903. The zero-order valence-corrected chi connectivity index (χ0v) is 16.7. The fourth-order valence-corrected chi connectivity index (χ4v) is 3.86. The van der Waals surface area contributed by atoms with E-state index in [1.54, 1.807) is 6.07 Å². The second kappa shape index (κ2) is 7.08. The number of nitrogens with zero attached hydrogens (tertiary/aromatic N) is 3. The zero-order valence-electron chi connectivity index (χ0n) is 16.7. The van der Waals surface area contributed by atoms with E-state index in [0.717, 1.165) is 34.6 Å². The number of aryl methyl sites for hydroxylation is 3. The van der Waals surface area contributed by atoms with Gasteiger partial charge < -0.3 is 10.2 Å². The lowest BCUT2D eigenvalue weighted by Gasteiger charge is -2.22. The SMILES string of the molecule is Cc1cc(C(=O)N2c3ccccc3CC2C)nc(Nc2c(C)cccc2C)n1. The van der Waals surface area contributed by atoms with Crippen LogP contribution in [0.15, 0.2) is 48.5 Å². The summed E-state index contributed by atoms with van der Waals surface area (Å²) in [6.07, 6.45) is 0.861. The minimum Gasteiger partial charge on any atom is -0.324 e. The van der Waals surface area contributed by atoms with Crippen LogP contribution in [0.2, 0.25) is 0 Å². The molecule has 3 aromatic rings. The van der Waals surface area contributed by atoms with Crippen molar-refractivity contribution < 1.29 is 4.79 Å². The first-order valence-electron chi connectivity index (χ1n) is 9.54. The normalized spacial score (nSPS) is 15.4. The van der Waals surface area contributed by atoms with E-state index < -0.39 is 0 Å². The number of hydrogen-bond donors (Lipinski definition) is 1. The Labute approximate surface area is 165 Å². The van der Waals surface area contributed by atoms with Crippen LogP contribution in [-0.4, -0.2) is 21.9 Å². The van der Waals surface area contributed by atoms with E-state index in [9.17, 15) is 4.79 Å². The topological polar surface area (TPSA) is 58.1 Å². The number of nitrogens with one attached hydrogen (secondary N) is 1. The molecule has 4 rings (SSSR count). The van der Waals surface area contributed by atoms with Gasteiger partial charge in [0.1, 0.15) is 5.69 Å². The lowest BCUT2D eigenvalue weighted by Crippen LogP contribution is -2.36. The van der Waals surface area contributed by atoms with E-state index >= 15 is 0 Å². The van der Waals surface area contributed by atoms with Crippen LogP contribution in [0.25, 0.3) is 0 Å². The number of rotatable bonds is 3. The van der Waals surface area contributed by atoms with Gasteiger partial charge >= 0.3 is 0 Å². The van der Waals surface area contributed by atoms with Gasteiger partial charge in [0.25, 0.3) is 5.91 Å². The highest BCUT2D eigenvalue weighted by Gasteiger charge is 2.32. The summed E-state index contributed by atoms with van der Waals surface area (Å²) in [5, 5.41) is 3.30. The van der Waals surface area contributed by atoms with Gasteiger partial charge in [0.05, 0.1) is 0 Å². The van der Waals surface area contributed by atoms with Crippen LogP contribution in [0.4, 0.5) is 17.3 Å². The Morgan fingerprint density at radius 2 is 1.75 bits per heavy atom. The fraction of sp³-hybridized carbons (Fsp3) is 0.261. The summed E-state index contributed by atoms with van der Waals surface area (Å²) < 4.78 is 0. The molecule has 28 heavy (non-hydrogen) atoms. The number of amides is 1. The van der Waals surface area contributed by atoms with Gasteiger partial charge in [-0.1, -0.05) is 36.4 Å². The molecule has 0 saturated carbocycles. The number of hydrogen-bond acceptors (Lipinski definition) is 4. The molecule has 0 saturated heterocycles. The molecular formula is C23H24N4O. The van der Waals surface area contributed by atoms with Gasteiger partial charge in [0, 0.05) is 23.1 Å². The second-order valence-electron chi connectivity index (χ2n) is 7.47. The van der Waals surface area contributed by atoms with Crippen molar-refractivity contribution >= 4 is 23.2 Å².